The zero-order chi connectivity index (χ0) is 12.9. The van der Waals surface area contributed by atoms with E-state index in [4.69, 9.17) is 5.73 Å². The first-order valence-electron chi connectivity index (χ1n) is 5.29. The van der Waals surface area contributed by atoms with Crippen molar-refractivity contribution in [3.63, 3.8) is 0 Å². The molecular weight excluding hydrogens is 218 g/mol. The number of hydrogen-bond acceptors (Lipinski definition) is 3. The highest BCUT2D eigenvalue weighted by Gasteiger charge is 2.50. The van der Waals surface area contributed by atoms with Crippen molar-refractivity contribution in [1.82, 2.24) is 4.90 Å². The van der Waals surface area contributed by atoms with Gasteiger partial charge in [-0.25, -0.2) is 8.78 Å². The molecule has 6 heteroatoms. The van der Waals surface area contributed by atoms with E-state index >= 15 is 0 Å². The standard InChI is InChI=1S/C8H12F2N2O2.C2H6.H2/c1-5(11)7(14)12-3-2-8(9,10)6(12)4-13;1-2;/h4-6H,2-3,11H2,1H3;1-2H3;1H. The van der Waals surface area contributed by atoms with Gasteiger partial charge in [0.25, 0.3) is 5.92 Å². The number of nitrogens with zero attached hydrogens (tertiary/aromatic N) is 1. The Morgan fingerprint density at radius 2 is 2.12 bits per heavy atom. The fourth-order valence-corrected chi connectivity index (χ4v) is 1.47. The Hall–Kier alpha value is -1.04. The summed E-state index contributed by atoms with van der Waals surface area (Å²) in [7, 11) is 0. The number of rotatable bonds is 2. The minimum Gasteiger partial charge on any atom is -0.325 e. The van der Waals surface area contributed by atoms with Crippen molar-refractivity contribution >= 4 is 12.2 Å². The summed E-state index contributed by atoms with van der Waals surface area (Å²) < 4.78 is 26.0. The number of halogens is 2. The highest BCUT2D eigenvalue weighted by molar-refractivity contribution is 5.85. The van der Waals surface area contributed by atoms with E-state index in [-0.39, 0.29) is 14.3 Å². The van der Waals surface area contributed by atoms with Gasteiger partial charge >= 0.3 is 0 Å². The maximum absolute atomic E-state index is 13.0. The molecule has 1 saturated heterocycles. The number of hydrogen-bond donors (Lipinski definition) is 1. The zero-order valence-corrected chi connectivity index (χ0v) is 9.74. The van der Waals surface area contributed by atoms with Gasteiger partial charge in [0.2, 0.25) is 5.91 Å². The van der Waals surface area contributed by atoms with Crippen LogP contribution in [0.3, 0.4) is 0 Å². The fourth-order valence-electron chi connectivity index (χ4n) is 1.47. The topological polar surface area (TPSA) is 63.4 Å². The summed E-state index contributed by atoms with van der Waals surface area (Å²) in [5.74, 6) is -3.73. The SMILES string of the molecule is CC.CC(N)C(=O)N1CCC(F)(F)C1C=O.[HH]. The smallest absolute Gasteiger partial charge is 0.276 e. The van der Waals surface area contributed by atoms with Crippen molar-refractivity contribution in [3.8, 4) is 0 Å². The molecule has 1 heterocycles. The van der Waals surface area contributed by atoms with Crippen molar-refractivity contribution in [3.05, 3.63) is 0 Å². The molecule has 0 aromatic heterocycles. The van der Waals surface area contributed by atoms with Crippen molar-refractivity contribution in [2.24, 2.45) is 5.73 Å². The van der Waals surface area contributed by atoms with Gasteiger partial charge in [0, 0.05) is 14.4 Å². The monoisotopic (exact) mass is 238 g/mol. The second kappa shape index (κ2) is 5.89. The van der Waals surface area contributed by atoms with Crippen molar-refractivity contribution in [2.75, 3.05) is 6.54 Å². The number of likely N-dealkylation sites (tertiary alicyclic amines) is 1. The van der Waals surface area contributed by atoms with E-state index in [1.807, 2.05) is 13.8 Å². The molecule has 0 spiro atoms. The van der Waals surface area contributed by atoms with E-state index in [9.17, 15) is 18.4 Å². The van der Waals surface area contributed by atoms with Crippen LogP contribution >= 0.6 is 0 Å². The van der Waals surface area contributed by atoms with Crippen LogP contribution in [0.2, 0.25) is 0 Å². The lowest BCUT2D eigenvalue weighted by atomic mass is 10.1. The number of carbonyl (C=O) groups excluding carboxylic acids is 2. The molecule has 96 valence electrons. The largest absolute Gasteiger partial charge is 0.325 e. The average molecular weight is 238 g/mol. The van der Waals surface area contributed by atoms with Gasteiger partial charge < -0.3 is 15.4 Å². The zero-order valence-electron chi connectivity index (χ0n) is 9.74. The molecule has 1 amide bonds. The number of amides is 1. The predicted octanol–water partition coefficient (Wildman–Crippen LogP) is 1.04. The first kappa shape index (κ1) is 15.0. The first-order chi connectivity index (χ1) is 7.40. The lowest BCUT2D eigenvalue weighted by Gasteiger charge is -2.24. The van der Waals surface area contributed by atoms with Crippen molar-refractivity contribution in [2.45, 2.75) is 45.2 Å². The van der Waals surface area contributed by atoms with Crippen LogP contribution in [0.5, 0.6) is 0 Å². The molecular formula is C10H20F2N2O2. The summed E-state index contributed by atoms with van der Waals surface area (Å²) in [6.45, 7) is 5.29. The summed E-state index contributed by atoms with van der Waals surface area (Å²) in [5.41, 5.74) is 5.27. The molecule has 0 aliphatic carbocycles. The van der Waals surface area contributed by atoms with Crippen LogP contribution in [0.1, 0.15) is 28.6 Å². The van der Waals surface area contributed by atoms with Crippen LogP contribution in [0, 0.1) is 0 Å². The lowest BCUT2D eigenvalue weighted by molar-refractivity contribution is -0.141. The summed E-state index contributed by atoms with van der Waals surface area (Å²) >= 11 is 0. The third kappa shape index (κ3) is 2.98. The van der Waals surface area contributed by atoms with Crippen LogP contribution in [-0.2, 0) is 9.59 Å². The highest BCUT2D eigenvalue weighted by Crippen LogP contribution is 2.32. The first-order valence-corrected chi connectivity index (χ1v) is 5.29. The van der Waals surface area contributed by atoms with Gasteiger partial charge in [-0.15, -0.1) is 0 Å². The van der Waals surface area contributed by atoms with Crippen LogP contribution in [0.15, 0.2) is 0 Å². The Morgan fingerprint density at radius 3 is 2.50 bits per heavy atom. The minimum atomic E-state index is -3.12. The van der Waals surface area contributed by atoms with E-state index in [0.717, 1.165) is 4.90 Å². The number of carbonyl (C=O) groups is 2. The van der Waals surface area contributed by atoms with Crippen molar-refractivity contribution in [1.29, 1.82) is 0 Å². The molecule has 1 aliphatic heterocycles. The van der Waals surface area contributed by atoms with Gasteiger partial charge in [0.15, 0.2) is 6.04 Å². The van der Waals surface area contributed by atoms with Crippen molar-refractivity contribution < 1.29 is 19.8 Å². The van der Waals surface area contributed by atoms with Gasteiger partial charge in [-0.3, -0.25) is 4.79 Å². The van der Waals surface area contributed by atoms with E-state index < -0.39 is 30.3 Å². The van der Waals surface area contributed by atoms with Crippen LogP contribution in [0.4, 0.5) is 8.78 Å². The second-order valence-corrected chi connectivity index (χ2v) is 3.41. The molecule has 2 N–H and O–H groups in total. The molecule has 0 radical (unpaired) electrons. The van der Waals surface area contributed by atoms with Gasteiger partial charge in [-0.2, -0.15) is 0 Å². The fraction of sp³-hybridized carbons (Fsp3) is 0.800. The minimum absolute atomic E-state index is 0. The van der Waals surface area contributed by atoms with Crippen LogP contribution in [0.25, 0.3) is 0 Å². The van der Waals surface area contributed by atoms with Gasteiger partial charge in [0.05, 0.1) is 6.04 Å². The van der Waals surface area contributed by atoms with Gasteiger partial charge in [-0.1, -0.05) is 13.8 Å². The third-order valence-corrected chi connectivity index (χ3v) is 2.26. The van der Waals surface area contributed by atoms with E-state index in [1.165, 1.54) is 6.92 Å². The Kier molecular flexibility index (Phi) is 5.50. The van der Waals surface area contributed by atoms with E-state index in [0.29, 0.717) is 0 Å². The molecule has 2 atom stereocenters. The normalized spacial score (nSPS) is 24.4. The molecule has 4 nitrogen and oxygen atoms in total. The predicted molar refractivity (Wildman–Crippen MR) is 58.2 cm³/mol. The van der Waals surface area contributed by atoms with Gasteiger partial charge in [-0.05, 0) is 6.92 Å². The molecule has 0 saturated carbocycles. The maximum Gasteiger partial charge on any atom is 0.276 e. The maximum atomic E-state index is 13.0. The molecule has 1 fully saturated rings. The lowest BCUT2D eigenvalue weighted by Crippen LogP contribution is -2.48. The van der Waals surface area contributed by atoms with E-state index in [1.54, 1.807) is 0 Å². The number of nitrogens with two attached hydrogens (primary N) is 1. The average Bonchev–Trinajstić information content (AvgIpc) is 2.55. The molecule has 16 heavy (non-hydrogen) atoms. The Labute approximate surface area is 95.3 Å². The highest BCUT2D eigenvalue weighted by atomic mass is 19.3. The Balaban J connectivity index is 0. The van der Waals surface area contributed by atoms with Crippen LogP contribution in [-0.4, -0.2) is 41.6 Å². The molecule has 0 bridgehead atoms. The molecule has 0 aromatic carbocycles. The Bertz CT molecular complexity index is 263. The third-order valence-electron chi connectivity index (χ3n) is 2.26. The van der Waals surface area contributed by atoms with Crippen LogP contribution < -0.4 is 5.73 Å². The number of alkyl halides is 2. The van der Waals surface area contributed by atoms with Gasteiger partial charge in [0.1, 0.15) is 6.29 Å². The summed E-state index contributed by atoms with van der Waals surface area (Å²) in [5, 5.41) is 0. The second-order valence-electron chi connectivity index (χ2n) is 3.41. The molecule has 0 aromatic rings. The summed E-state index contributed by atoms with van der Waals surface area (Å²) in [6.07, 6.45) is -0.373. The number of aldehydes is 1. The Morgan fingerprint density at radius 1 is 1.62 bits per heavy atom. The molecule has 2 unspecified atom stereocenters. The summed E-state index contributed by atoms with van der Waals surface area (Å²) in [4.78, 5) is 22.6. The molecule has 1 aliphatic rings. The quantitative estimate of drug-likeness (QED) is 0.731. The molecule has 1 rings (SSSR count). The summed E-state index contributed by atoms with van der Waals surface area (Å²) in [6, 6.07) is -2.51. The van der Waals surface area contributed by atoms with E-state index in [2.05, 4.69) is 0 Å².